The minimum absolute atomic E-state index is 0.0601. The molecule has 1 atom stereocenters. The van der Waals surface area contributed by atoms with Crippen LogP contribution in [0.15, 0.2) is 71.6 Å². The maximum absolute atomic E-state index is 13.2. The molecule has 33 heavy (non-hydrogen) atoms. The van der Waals surface area contributed by atoms with E-state index in [2.05, 4.69) is 63.1 Å². The molecule has 0 amide bonds. The Balaban J connectivity index is 1.61. The molecule has 3 aromatic carbocycles. The number of anilines is 1. The van der Waals surface area contributed by atoms with Gasteiger partial charge in [0.1, 0.15) is 0 Å². The molecule has 1 aliphatic rings. The van der Waals surface area contributed by atoms with Crippen molar-refractivity contribution < 1.29 is 8.42 Å². The zero-order valence-electron chi connectivity index (χ0n) is 19.9. The summed E-state index contributed by atoms with van der Waals surface area (Å²) in [5.41, 5.74) is 6.75. The van der Waals surface area contributed by atoms with Gasteiger partial charge in [-0.2, -0.15) is 0 Å². The van der Waals surface area contributed by atoms with Crippen LogP contribution < -0.4 is 9.62 Å². The van der Waals surface area contributed by atoms with Gasteiger partial charge in [-0.1, -0.05) is 54.1 Å². The smallest absolute Gasteiger partial charge is 0.240 e. The molecule has 0 aliphatic carbocycles. The largest absolute Gasteiger partial charge is 0.378 e. The molecule has 0 fully saturated rings. The fraction of sp³-hybridized carbons (Fsp3) is 0.333. The van der Waals surface area contributed by atoms with Gasteiger partial charge in [-0.3, -0.25) is 4.90 Å². The lowest BCUT2D eigenvalue weighted by Crippen LogP contribution is -2.40. The second-order valence-electron chi connectivity index (χ2n) is 9.11. The van der Waals surface area contributed by atoms with Crippen molar-refractivity contribution in [2.24, 2.45) is 0 Å². The average Bonchev–Trinajstić information content (AvgIpc) is 2.79. The third kappa shape index (κ3) is 5.29. The van der Waals surface area contributed by atoms with Gasteiger partial charge in [0, 0.05) is 45.5 Å². The zero-order chi connectivity index (χ0) is 23.6. The molecule has 5 nitrogen and oxygen atoms in total. The van der Waals surface area contributed by atoms with E-state index in [1.54, 1.807) is 6.07 Å². The van der Waals surface area contributed by atoms with Gasteiger partial charge in [0.25, 0.3) is 0 Å². The predicted molar refractivity (Wildman–Crippen MR) is 135 cm³/mol. The number of fused-ring (bicyclic) bond motifs is 1. The van der Waals surface area contributed by atoms with E-state index in [0.29, 0.717) is 11.4 Å². The maximum Gasteiger partial charge on any atom is 0.240 e. The van der Waals surface area contributed by atoms with Crippen LogP contribution in [0.1, 0.15) is 33.9 Å². The monoisotopic (exact) mass is 463 g/mol. The number of hydrogen-bond acceptors (Lipinski definition) is 4. The molecule has 174 valence electrons. The summed E-state index contributed by atoms with van der Waals surface area (Å²) in [5.74, 6) is 0. The summed E-state index contributed by atoms with van der Waals surface area (Å²) in [7, 11) is 0.423. The van der Waals surface area contributed by atoms with Crippen molar-refractivity contribution in [2.75, 3.05) is 32.1 Å². The van der Waals surface area contributed by atoms with Crippen molar-refractivity contribution in [2.45, 2.75) is 37.8 Å². The number of hydrogen-bond donors (Lipinski definition) is 1. The van der Waals surface area contributed by atoms with E-state index in [1.807, 2.05) is 40.1 Å². The van der Waals surface area contributed by atoms with Crippen LogP contribution in [0.3, 0.4) is 0 Å². The second kappa shape index (κ2) is 9.67. The molecule has 0 radical (unpaired) electrons. The highest BCUT2D eigenvalue weighted by molar-refractivity contribution is 7.89. The molecule has 1 unspecified atom stereocenters. The molecule has 3 aromatic rings. The minimum Gasteiger partial charge on any atom is -0.378 e. The number of nitrogens with zero attached hydrogens (tertiary/aromatic N) is 2. The fourth-order valence-electron chi connectivity index (χ4n) is 4.60. The lowest BCUT2D eigenvalue weighted by atomic mass is 9.96. The van der Waals surface area contributed by atoms with E-state index in [9.17, 15) is 8.42 Å². The SMILES string of the molecule is Cc1ccc(S(=O)(=O)NCC(c2ccc(N(C)C)cc2)N2CCc3ccccc3C2)c(C)c1. The summed E-state index contributed by atoms with van der Waals surface area (Å²) in [5, 5.41) is 0. The summed E-state index contributed by atoms with van der Waals surface area (Å²) in [4.78, 5) is 4.80. The van der Waals surface area contributed by atoms with Crippen molar-refractivity contribution in [3.05, 3.63) is 94.5 Å². The molecular weight excluding hydrogens is 430 g/mol. The topological polar surface area (TPSA) is 52.7 Å². The maximum atomic E-state index is 13.2. The molecule has 1 N–H and O–H groups in total. The molecule has 6 heteroatoms. The number of aryl methyl sites for hydroxylation is 2. The number of sulfonamides is 1. The summed E-state index contributed by atoms with van der Waals surface area (Å²) >= 11 is 0. The first kappa shape index (κ1) is 23.5. The Labute approximate surface area is 198 Å². The Morgan fingerprint density at radius 1 is 0.970 bits per heavy atom. The van der Waals surface area contributed by atoms with Gasteiger partial charge in [-0.25, -0.2) is 13.1 Å². The number of rotatable bonds is 7. The number of benzene rings is 3. The van der Waals surface area contributed by atoms with Crippen molar-refractivity contribution >= 4 is 15.7 Å². The summed E-state index contributed by atoms with van der Waals surface area (Å²) in [6.07, 6.45) is 0.965. The zero-order valence-corrected chi connectivity index (χ0v) is 20.7. The quantitative estimate of drug-likeness (QED) is 0.563. The van der Waals surface area contributed by atoms with Gasteiger partial charge in [-0.15, -0.1) is 0 Å². The van der Waals surface area contributed by atoms with Gasteiger partial charge >= 0.3 is 0 Å². The van der Waals surface area contributed by atoms with E-state index < -0.39 is 10.0 Å². The summed E-state index contributed by atoms with van der Waals surface area (Å²) in [6.45, 7) is 5.84. The van der Waals surface area contributed by atoms with E-state index in [-0.39, 0.29) is 6.04 Å². The van der Waals surface area contributed by atoms with Gasteiger partial charge in [-0.05, 0) is 60.7 Å². The van der Waals surface area contributed by atoms with Crippen LogP contribution in [0.5, 0.6) is 0 Å². The first-order valence-electron chi connectivity index (χ1n) is 11.4. The minimum atomic E-state index is -3.62. The lowest BCUT2D eigenvalue weighted by molar-refractivity contribution is 0.180. The van der Waals surface area contributed by atoms with Crippen LogP contribution in [-0.4, -0.2) is 40.5 Å². The van der Waals surface area contributed by atoms with Gasteiger partial charge in [0.05, 0.1) is 4.90 Å². The molecule has 0 aromatic heterocycles. The van der Waals surface area contributed by atoms with Crippen LogP contribution in [-0.2, 0) is 23.0 Å². The Bertz CT molecular complexity index is 1220. The first-order chi connectivity index (χ1) is 15.7. The van der Waals surface area contributed by atoms with Crippen LogP contribution in [0.2, 0.25) is 0 Å². The Morgan fingerprint density at radius 3 is 2.33 bits per heavy atom. The Hall–Kier alpha value is -2.67. The van der Waals surface area contributed by atoms with E-state index >= 15 is 0 Å². The van der Waals surface area contributed by atoms with Gasteiger partial charge < -0.3 is 4.90 Å². The molecular formula is C27H33N3O2S. The van der Waals surface area contributed by atoms with Crippen LogP contribution in [0, 0.1) is 13.8 Å². The highest BCUT2D eigenvalue weighted by Gasteiger charge is 2.27. The average molecular weight is 464 g/mol. The van der Waals surface area contributed by atoms with Crippen LogP contribution in [0.4, 0.5) is 5.69 Å². The van der Waals surface area contributed by atoms with Crippen LogP contribution in [0.25, 0.3) is 0 Å². The van der Waals surface area contributed by atoms with Gasteiger partial charge in [0.2, 0.25) is 10.0 Å². The van der Waals surface area contributed by atoms with E-state index in [0.717, 1.165) is 41.9 Å². The molecule has 0 saturated heterocycles. The molecule has 4 rings (SSSR count). The summed E-state index contributed by atoms with van der Waals surface area (Å²) < 4.78 is 29.3. The second-order valence-corrected chi connectivity index (χ2v) is 10.8. The fourth-order valence-corrected chi connectivity index (χ4v) is 5.87. The highest BCUT2D eigenvalue weighted by atomic mass is 32.2. The molecule has 0 spiro atoms. The van der Waals surface area contributed by atoms with Crippen LogP contribution >= 0.6 is 0 Å². The summed E-state index contributed by atoms with van der Waals surface area (Å²) in [6, 6.07) is 22.4. The third-order valence-electron chi connectivity index (χ3n) is 6.48. The third-order valence-corrected chi connectivity index (χ3v) is 8.07. The Kier molecular flexibility index (Phi) is 6.88. The van der Waals surface area contributed by atoms with E-state index in [4.69, 9.17) is 0 Å². The molecule has 1 aliphatic heterocycles. The van der Waals surface area contributed by atoms with E-state index in [1.165, 1.54) is 11.1 Å². The first-order valence-corrected chi connectivity index (χ1v) is 12.9. The predicted octanol–water partition coefficient (Wildman–Crippen LogP) is 4.45. The Morgan fingerprint density at radius 2 is 1.67 bits per heavy atom. The van der Waals surface area contributed by atoms with Crippen molar-refractivity contribution in [1.82, 2.24) is 9.62 Å². The highest BCUT2D eigenvalue weighted by Crippen LogP contribution is 2.29. The molecule has 1 heterocycles. The lowest BCUT2D eigenvalue weighted by Gasteiger charge is -2.36. The standard InChI is InChI=1S/C27H33N3O2S/c1-20-9-14-27(21(2)17-20)33(31,32)28-18-26(23-10-12-25(13-11-23)29(3)4)30-16-15-22-7-5-6-8-24(22)19-30/h5-14,17,26,28H,15-16,18-19H2,1-4H3. The molecule has 0 saturated carbocycles. The van der Waals surface area contributed by atoms with Crippen molar-refractivity contribution in [1.29, 1.82) is 0 Å². The van der Waals surface area contributed by atoms with Crippen molar-refractivity contribution in [3.63, 3.8) is 0 Å². The normalized spacial score (nSPS) is 15.2. The van der Waals surface area contributed by atoms with Gasteiger partial charge in [0.15, 0.2) is 0 Å². The number of nitrogens with one attached hydrogen (secondary N) is 1. The van der Waals surface area contributed by atoms with Crippen molar-refractivity contribution in [3.8, 4) is 0 Å². The molecule has 0 bridgehead atoms.